The molecule has 0 atom stereocenters. The van der Waals surface area contributed by atoms with Gasteiger partial charge in [0.1, 0.15) is 0 Å². The van der Waals surface area contributed by atoms with Gasteiger partial charge in [0.15, 0.2) is 0 Å². The summed E-state index contributed by atoms with van der Waals surface area (Å²) in [7, 11) is 0. The summed E-state index contributed by atoms with van der Waals surface area (Å²) in [6.07, 6.45) is 3.64. The average molecular weight is 186 g/mol. The fourth-order valence-electron chi connectivity index (χ4n) is 1.95. The van der Waals surface area contributed by atoms with E-state index in [4.69, 9.17) is 0 Å². The SMILES string of the molecule is [Li][c]1cc2ncccc2c2ncccc12. The molecule has 2 nitrogen and oxygen atoms in total. The van der Waals surface area contributed by atoms with Gasteiger partial charge in [0, 0.05) is 0 Å². The molecule has 0 bridgehead atoms. The molecule has 0 aliphatic heterocycles. The Labute approximate surface area is 96.6 Å². The Morgan fingerprint density at radius 1 is 0.933 bits per heavy atom. The van der Waals surface area contributed by atoms with Crippen molar-refractivity contribution in [3.63, 3.8) is 0 Å². The van der Waals surface area contributed by atoms with Crippen molar-refractivity contribution >= 4 is 43.8 Å². The molecule has 2 aromatic heterocycles. The van der Waals surface area contributed by atoms with E-state index in [9.17, 15) is 0 Å². The first-order valence-corrected chi connectivity index (χ1v) is 4.95. The summed E-state index contributed by atoms with van der Waals surface area (Å²) in [6, 6.07) is 10.2. The molecule has 0 amide bonds. The molecule has 3 rings (SSSR count). The van der Waals surface area contributed by atoms with Crippen LogP contribution in [0.4, 0.5) is 0 Å². The quantitative estimate of drug-likeness (QED) is 0.393. The number of benzene rings is 1. The summed E-state index contributed by atoms with van der Waals surface area (Å²) in [5.41, 5.74) is 2.06. The van der Waals surface area contributed by atoms with E-state index in [0.29, 0.717) is 0 Å². The van der Waals surface area contributed by atoms with Crippen LogP contribution >= 0.6 is 0 Å². The van der Waals surface area contributed by atoms with Crippen LogP contribution in [0.15, 0.2) is 42.7 Å². The van der Waals surface area contributed by atoms with E-state index in [1.165, 1.54) is 9.62 Å². The Kier molecular flexibility index (Phi) is 1.98. The first kappa shape index (κ1) is 8.91. The molecule has 0 radical (unpaired) electrons. The number of pyridine rings is 2. The van der Waals surface area contributed by atoms with Crippen LogP contribution in [0.3, 0.4) is 0 Å². The van der Waals surface area contributed by atoms with Gasteiger partial charge >= 0.3 is 96.5 Å². The van der Waals surface area contributed by atoms with Gasteiger partial charge in [-0.1, -0.05) is 0 Å². The molecule has 3 aromatic rings. The minimum absolute atomic E-state index is 1.02. The van der Waals surface area contributed by atoms with E-state index in [2.05, 4.69) is 45.9 Å². The van der Waals surface area contributed by atoms with E-state index in [1.54, 1.807) is 0 Å². The molecule has 3 heteroatoms. The van der Waals surface area contributed by atoms with Gasteiger partial charge in [-0.05, 0) is 0 Å². The second-order valence-electron chi connectivity index (χ2n) is 3.66. The van der Waals surface area contributed by atoms with E-state index >= 15 is 0 Å². The molecule has 0 fully saturated rings. The molecule has 0 unspecified atom stereocenters. The molecule has 0 N–H and O–H groups in total. The first-order valence-electron chi connectivity index (χ1n) is 4.95. The van der Waals surface area contributed by atoms with Crippen molar-refractivity contribution in [2.24, 2.45) is 0 Å². The first-order chi connectivity index (χ1) is 7.36. The standard InChI is InChI=1S/C12H7N2.Li/c1-3-9-5-6-11-10(4-2-7-13-11)12(9)14-8-1;/h1-4,6-8H;. The maximum atomic E-state index is 4.43. The van der Waals surface area contributed by atoms with Crippen molar-refractivity contribution in [2.75, 3.05) is 0 Å². The van der Waals surface area contributed by atoms with Crippen LogP contribution in [0.1, 0.15) is 0 Å². The normalized spacial score (nSPS) is 11.1. The second kappa shape index (κ2) is 3.34. The van der Waals surface area contributed by atoms with Crippen LogP contribution in [-0.4, -0.2) is 27.7 Å². The molecule has 0 aliphatic rings. The van der Waals surface area contributed by atoms with Gasteiger partial charge in [-0.15, -0.1) is 0 Å². The number of rotatable bonds is 0. The number of hydrogen-bond donors (Lipinski definition) is 0. The van der Waals surface area contributed by atoms with Crippen LogP contribution in [0.25, 0.3) is 21.8 Å². The fraction of sp³-hybridized carbons (Fsp3) is 0. The summed E-state index contributed by atoms with van der Waals surface area (Å²) >= 11 is 2.10. The summed E-state index contributed by atoms with van der Waals surface area (Å²) in [6.45, 7) is 0. The van der Waals surface area contributed by atoms with Crippen molar-refractivity contribution in [3.8, 4) is 0 Å². The molecular formula is C12H7LiN2. The zero-order valence-corrected chi connectivity index (χ0v) is 8.44. The van der Waals surface area contributed by atoms with Gasteiger partial charge in [-0.3, -0.25) is 0 Å². The van der Waals surface area contributed by atoms with Gasteiger partial charge in [0.05, 0.1) is 0 Å². The Hall–Kier alpha value is -1.36. The third-order valence-electron chi connectivity index (χ3n) is 2.68. The van der Waals surface area contributed by atoms with Gasteiger partial charge in [0.25, 0.3) is 0 Å². The average Bonchev–Trinajstić information content (AvgIpc) is 2.30. The summed E-state index contributed by atoms with van der Waals surface area (Å²) in [5.74, 6) is 0. The zero-order chi connectivity index (χ0) is 10.3. The minimum atomic E-state index is 1.02. The van der Waals surface area contributed by atoms with Crippen molar-refractivity contribution in [1.82, 2.24) is 9.97 Å². The molecular weight excluding hydrogens is 179 g/mol. The Morgan fingerprint density at radius 3 is 2.53 bits per heavy atom. The van der Waals surface area contributed by atoms with Gasteiger partial charge in [0.2, 0.25) is 0 Å². The topological polar surface area (TPSA) is 25.8 Å². The molecule has 0 spiro atoms. The maximum absolute atomic E-state index is 4.43. The van der Waals surface area contributed by atoms with Crippen LogP contribution in [0.2, 0.25) is 0 Å². The second-order valence-corrected chi connectivity index (χ2v) is 3.66. The fourth-order valence-corrected chi connectivity index (χ4v) is 1.95. The van der Waals surface area contributed by atoms with Crippen molar-refractivity contribution in [1.29, 1.82) is 0 Å². The number of aromatic nitrogens is 2. The van der Waals surface area contributed by atoms with Crippen molar-refractivity contribution in [3.05, 3.63) is 42.7 Å². The molecule has 0 aliphatic carbocycles. The van der Waals surface area contributed by atoms with Crippen molar-refractivity contribution < 1.29 is 0 Å². The molecule has 66 valence electrons. The Balaban J connectivity index is 2.64. The van der Waals surface area contributed by atoms with Gasteiger partial charge in [-0.25, -0.2) is 0 Å². The predicted octanol–water partition coefficient (Wildman–Crippen LogP) is 1.58. The van der Waals surface area contributed by atoms with E-state index < -0.39 is 0 Å². The Morgan fingerprint density at radius 2 is 1.67 bits per heavy atom. The third-order valence-corrected chi connectivity index (χ3v) is 2.68. The van der Waals surface area contributed by atoms with Gasteiger partial charge < -0.3 is 0 Å². The number of fused-ring (bicyclic) bond motifs is 3. The summed E-state index contributed by atoms with van der Waals surface area (Å²) < 4.78 is 1.23. The summed E-state index contributed by atoms with van der Waals surface area (Å²) in [5, 5.41) is 2.33. The van der Waals surface area contributed by atoms with Crippen LogP contribution in [0, 0.1) is 0 Å². The van der Waals surface area contributed by atoms with Crippen LogP contribution in [0.5, 0.6) is 0 Å². The zero-order valence-electron chi connectivity index (χ0n) is 8.44. The van der Waals surface area contributed by atoms with E-state index in [0.717, 1.165) is 16.4 Å². The van der Waals surface area contributed by atoms with E-state index in [-0.39, 0.29) is 0 Å². The van der Waals surface area contributed by atoms with Crippen LogP contribution < -0.4 is 4.24 Å². The molecule has 1 aromatic carbocycles. The molecule has 0 saturated heterocycles. The monoisotopic (exact) mass is 186 g/mol. The molecule has 2 heterocycles. The molecule has 15 heavy (non-hydrogen) atoms. The third kappa shape index (κ3) is 1.34. The Bertz CT molecular complexity index is 649. The van der Waals surface area contributed by atoms with E-state index in [1.807, 2.05) is 24.5 Å². The predicted molar refractivity (Wildman–Crippen MR) is 62.4 cm³/mol. The van der Waals surface area contributed by atoms with Crippen molar-refractivity contribution in [2.45, 2.75) is 0 Å². The number of nitrogens with zero attached hydrogens (tertiary/aromatic N) is 2. The molecule has 0 saturated carbocycles. The number of hydrogen-bond acceptors (Lipinski definition) is 2. The van der Waals surface area contributed by atoms with Crippen LogP contribution in [-0.2, 0) is 0 Å². The van der Waals surface area contributed by atoms with Gasteiger partial charge in [-0.2, -0.15) is 0 Å². The summed E-state index contributed by atoms with van der Waals surface area (Å²) in [4.78, 5) is 8.78.